The van der Waals surface area contributed by atoms with Gasteiger partial charge in [0.05, 0.1) is 28.0 Å². The van der Waals surface area contributed by atoms with Gasteiger partial charge in [0, 0.05) is 5.69 Å². The molecule has 3 aromatic rings. The van der Waals surface area contributed by atoms with Gasteiger partial charge in [-0.25, -0.2) is 0 Å². The first kappa shape index (κ1) is 22.1. The molecule has 31 heavy (non-hydrogen) atoms. The number of nitrogens with one attached hydrogen (secondary N) is 1. The Balaban J connectivity index is 1.50. The molecule has 4 rings (SSSR count). The summed E-state index contributed by atoms with van der Waals surface area (Å²) in [5.74, 6) is 0.835. The molecule has 2 heterocycles. The van der Waals surface area contributed by atoms with Gasteiger partial charge in [-0.15, -0.1) is 10.2 Å². The van der Waals surface area contributed by atoms with Crippen molar-refractivity contribution < 1.29 is 4.79 Å². The van der Waals surface area contributed by atoms with Crippen molar-refractivity contribution in [3.8, 4) is 5.69 Å². The van der Waals surface area contributed by atoms with Crippen LogP contribution < -0.4 is 5.32 Å². The number of piperidine rings is 1. The molecular formula is C22H23Cl2N5OS. The first-order valence-electron chi connectivity index (χ1n) is 10.2. The summed E-state index contributed by atoms with van der Waals surface area (Å²) >= 11 is 13.6. The summed E-state index contributed by atoms with van der Waals surface area (Å²) < 4.78 is 2.04. The van der Waals surface area contributed by atoms with Crippen molar-refractivity contribution in [2.24, 2.45) is 0 Å². The van der Waals surface area contributed by atoms with Crippen LogP contribution in [0.5, 0.6) is 0 Å². The number of nitrogens with zero attached hydrogens (tertiary/aromatic N) is 4. The van der Waals surface area contributed by atoms with Gasteiger partial charge < -0.3 is 5.32 Å². The maximum Gasteiger partial charge on any atom is 0.234 e. The van der Waals surface area contributed by atoms with Crippen LogP contribution in [-0.4, -0.2) is 44.4 Å². The number of thioether (sulfide) groups is 1. The standard InChI is InChI=1S/C22H23Cl2N5OS/c23-17-10-7-11-18(24)21(17)25-20(30)15-31-22-27-26-19(14-28-12-5-2-6-13-28)29(22)16-8-3-1-4-9-16/h1,3-4,7-11H,2,5-6,12-15H2,(H,25,30). The van der Waals surface area contributed by atoms with Crippen LogP contribution in [0.2, 0.25) is 10.0 Å². The topological polar surface area (TPSA) is 63.1 Å². The van der Waals surface area contributed by atoms with Crippen LogP contribution in [0.4, 0.5) is 5.69 Å². The predicted molar refractivity (Wildman–Crippen MR) is 126 cm³/mol. The van der Waals surface area contributed by atoms with Crippen LogP contribution in [-0.2, 0) is 11.3 Å². The Morgan fingerprint density at radius 3 is 2.39 bits per heavy atom. The van der Waals surface area contributed by atoms with Crippen molar-refractivity contribution in [3.63, 3.8) is 0 Å². The van der Waals surface area contributed by atoms with Crippen LogP contribution in [0.3, 0.4) is 0 Å². The van der Waals surface area contributed by atoms with E-state index in [1.54, 1.807) is 18.2 Å². The van der Waals surface area contributed by atoms with E-state index in [1.165, 1.54) is 31.0 Å². The summed E-state index contributed by atoms with van der Waals surface area (Å²) in [5, 5.41) is 13.1. The van der Waals surface area contributed by atoms with Crippen LogP contribution in [0.1, 0.15) is 25.1 Å². The van der Waals surface area contributed by atoms with Gasteiger partial charge in [0.15, 0.2) is 11.0 Å². The zero-order valence-corrected chi connectivity index (χ0v) is 19.3. The SMILES string of the molecule is O=C(CSc1nnc(CN2CCCCC2)n1-c1ccccc1)Nc1c(Cl)cccc1Cl. The zero-order valence-electron chi connectivity index (χ0n) is 16.9. The molecule has 1 aliphatic rings. The lowest BCUT2D eigenvalue weighted by atomic mass is 10.1. The van der Waals surface area contributed by atoms with Gasteiger partial charge in [0.2, 0.25) is 5.91 Å². The van der Waals surface area contributed by atoms with Crippen molar-refractivity contribution in [2.45, 2.75) is 31.0 Å². The second-order valence-electron chi connectivity index (χ2n) is 7.34. The summed E-state index contributed by atoms with van der Waals surface area (Å²) in [5.41, 5.74) is 1.41. The minimum Gasteiger partial charge on any atom is -0.323 e. The Bertz CT molecular complexity index is 1020. The fraction of sp³-hybridized carbons (Fsp3) is 0.318. The fourth-order valence-corrected chi connectivity index (χ4v) is 4.84. The van der Waals surface area contributed by atoms with E-state index in [0.717, 1.165) is 31.1 Å². The average Bonchev–Trinajstić information content (AvgIpc) is 3.18. The molecule has 2 aromatic carbocycles. The molecule has 0 saturated carbocycles. The zero-order chi connectivity index (χ0) is 21.6. The highest BCUT2D eigenvalue weighted by molar-refractivity contribution is 7.99. The third-order valence-electron chi connectivity index (χ3n) is 5.09. The van der Waals surface area contributed by atoms with E-state index in [4.69, 9.17) is 23.2 Å². The van der Waals surface area contributed by atoms with E-state index in [0.29, 0.717) is 20.9 Å². The van der Waals surface area contributed by atoms with E-state index in [2.05, 4.69) is 20.4 Å². The predicted octanol–water partition coefficient (Wildman–Crippen LogP) is 5.29. The Morgan fingerprint density at radius 1 is 0.968 bits per heavy atom. The minimum atomic E-state index is -0.208. The van der Waals surface area contributed by atoms with Gasteiger partial charge in [-0.05, 0) is 50.2 Å². The molecule has 9 heteroatoms. The van der Waals surface area contributed by atoms with Crippen LogP contribution in [0.15, 0.2) is 53.7 Å². The molecule has 0 radical (unpaired) electrons. The number of rotatable bonds is 7. The Labute approximate surface area is 195 Å². The van der Waals surface area contributed by atoms with Gasteiger partial charge in [0.1, 0.15) is 0 Å². The Kier molecular flexibility index (Phi) is 7.50. The molecule has 0 spiro atoms. The first-order chi connectivity index (χ1) is 15.1. The van der Waals surface area contributed by atoms with E-state index in [1.807, 2.05) is 34.9 Å². The highest BCUT2D eigenvalue weighted by Gasteiger charge is 2.20. The lowest BCUT2D eigenvalue weighted by Gasteiger charge is -2.26. The third-order valence-corrected chi connectivity index (χ3v) is 6.65. The number of anilines is 1. The lowest BCUT2D eigenvalue weighted by molar-refractivity contribution is -0.113. The summed E-state index contributed by atoms with van der Waals surface area (Å²) in [4.78, 5) is 15.0. The van der Waals surface area contributed by atoms with Crippen molar-refractivity contribution in [3.05, 3.63) is 64.4 Å². The molecule has 1 saturated heterocycles. The Hall–Kier alpha value is -2.06. The normalized spacial score (nSPS) is 14.5. The largest absolute Gasteiger partial charge is 0.323 e. The molecule has 1 fully saturated rings. The maximum atomic E-state index is 12.5. The summed E-state index contributed by atoms with van der Waals surface area (Å²) in [7, 11) is 0. The van der Waals surface area contributed by atoms with Crippen LogP contribution >= 0.6 is 35.0 Å². The molecule has 0 unspecified atom stereocenters. The second kappa shape index (κ2) is 10.5. The highest BCUT2D eigenvalue weighted by atomic mass is 35.5. The molecule has 162 valence electrons. The smallest absolute Gasteiger partial charge is 0.234 e. The van der Waals surface area contributed by atoms with Crippen LogP contribution in [0, 0.1) is 0 Å². The van der Waals surface area contributed by atoms with Crippen molar-refractivity contribution in [1.82, 2.24) is 19.7 Å². The van der Waals surface area contributed by atoms with Crippen molar-refractivity contribution in [2.75, 3.05) is 24.2 Å². The quantitative estimate of drug-likeness (QED) is 0.470. The molecule has 1 aromatic heterocycles. The highest BCUT2D eigenvalue weighted by Crippen LogP contribution is 2.30. The number of carbonyl (C=O) groups is 1. The van der Waals surface area contributed by atoms with Gasteiger partial charge >= 0.3 is 0 Å². The number of para-hydroxylation sites is 2. The van der Waals surface area contributed by atoms with Crippen molar-refractivity contribution in [1.29, 1.82) is 0 Å². The summed E-state index contributed by atoms with van der Waals surface area (Å²) in [6.45, 7) is 2.89. The minimum absolute atomic E-state index is 0.163. The van der Waals surface area contributed by atoms with E-state index in [-0.39, 0.29) is 11.7 Å². The van der Waals surface area contributed by atoms with Crippen LogP contribution in [0.25, 0.3) is 5.69 Å². The van der Waals surface area contributed by atoms with Gasteiger partial charge in [-0.1, -0.05) is 65.7 Å². The molecular weight excluding hydrogens is 453 g/mol. The van der Waals surface area contributed by atoms with Gasteiger partial charge in [-0.3, -0.25) is 14.3 Å². The van der Waals surface area contributed by atoms with Crippen molar-refractivity contribution >= 4 is 46.6 Å². The molecule has 0 bridgehead atoms. The number of hydrogen-bond donors (Lipinski definition) is 1. The third kappa shape index (κ3) is 5.60. The first-order valence-corrected chi connectivity index (χ1v) is 11.9. The second-order valence-corrected chi connectivity index (χ2v) is 9.10. The van der Waals surface area contributed by atoms with E-state index in [9.17, 15) is 4.79 Å². The number of benzene rings is 2. The lowest BCUT2D eigenvalue weighted by Crippen LogP contribution is -2.30. The summed E-state index contributed by atoms with van der Waals surface area (Å²) in [6, 6.07) is 15.1. The number of halogens is 2. The molecule has 1 amide bonds. The number of hydrogen-bond acceptors (Lipinski definition) is 5. The molecule has 1 N–H and O–H groups in total. The molecule has 0 atom stereocenters. The van der Waals surface area contributed by atoms with E-state index >= 15 is 0 Å². The van der Waals surface area contributed by atoms with Gasteiger partial charge in [-0.2, -0.15) is 0 Å². The Morgan fingerprint density at radius 2 is 1.68 bits per heavy atom. The fourth-order valence-electron chi connectivity index (χ4n) is 3.57. The monoisotopic (exact) mass is 475 g/mol. The number of aromatic nitrogens is 3. The molecule has 1 aliphatic heterocycles. The van der Waals surface area contributed by atoms with Gasteiger partial charge in [0.25, 0.3) is 0 Å². The number of carbonyl (C=O) groups excluding carboxylic acids is 1. The maximum absolute atomic E-state index is 12.5. The summed E-state index contributed by atoms with van der Waals surface area (Å²) in [6.07, 6.45) is 3.71. The number of amides is 1. The van der Waals surface area contributed by atoms with E-state index < -0.39 is 0 Å². The molecule has 0 aliphatic carbocycles. The molecule has 6 nitrogen and oxygen atoms in total. The average molecular weight is 476 g/mol. The number of likely N-dealkylation sites (tertiary alicyclic amines) is 1.